The maximum atomic E-state index is 12.2. The van der Waals surface area contributed by atoms with E-state index in [1.165, 1.54) is 0 Å². The number of hydrogen-bond acceptors (Lipinski definition) is 4. The molecule has 3 saturated heterocycles. The summed E-state index contributed by atoms with van der Waals surface area (Å²) in [5.41, 5.74) is -0.129. The molecule has 3 aliphatic heterocycles. The molecule has 0 bridgehead atoms. The fourth-order valence-corrected chi connectivity index (χ4v) is 2.96. The Bertz CT molecular complexity index is 282. The Morgan fingerprint density at radius 3 is 2.75 bits per heavy atom. The molecule has 0 saturated carbocycles. The summed E-state index contributed by atoms with van der Waals surface area (Å²) in [6.45, 7) is 3.94. The number of carbonyl (C=O) groups excluding carboxylic acids is 1. The predicted molar refractivity (Wildman–Crippen MR) is 58.2 cm³/mol. The molecule has 0 amide bonds. The Morgan fingerprint density at radius 1 is 1.25 bits per heavy atom. The quantitative estimate of drug-likeness (QED) is 0.737. The lowest BCUT2D eigenvalue weighted by Crippen LogP contribution is -2.51. The molecule has 0 aromatic rings. The van der Waals surface area contributed by atoms with Crippen molar-refractivity contribution in [1.29, 1.82) is 0 Å². The third kappa shape index (κ3) is 1.79. The highest BCUT2D eigenvalue weighted by Crippen LogP contribution is 2.37. The van der Waals surface area contributed by atoms with Gasteiger partial charge in [-0.25, -0.2) is 0 Å². The zero-order valence-electron chi connectivity index (χ0n) is 9.54. The number of ketones is 1. The second-order valence-electron chi connectivity index (χ2n) is 5.28. The molecule has 3 rings (SSSR count). The van der Waals surface area contributed by atoms with E-state index in [4.69, 9.17) is 9.47 Å². The Labute approximate surface area is 95.7 Å². The molecule has 3 fully saturated rings. The highest BCUT2D eigenvalue weighted by atomic mass is 16.6. The molecule has 2 unspecified atom stereocenters. The predicted octanol–water partition coefficient (Wildman–Crippen LogP) is 0.361. The summed E-state index contributed by atoms with van der Waals surface area (Å²) in [7, 11) is 0. The first-order valence-corrected chi connectivity index (χ1v) is 6.25. The summed E-state index contributed by atoms with van der Waals surface area (Å²) in [4.78, 5) is 12.2. The number of hydrogen-bond donors (Lipinski definition) is 1. The van der Waals surface area contributed by atoms with Crippen molar-refractivity contribution in [3.05, 3.63) is 0 Å². The molecule has 2 atom stereocenters. The number of ether oxygens (including phenoxy) is 2. The van der Waals surface area contributed by atoms with Crippen LogP contribution in [0, 0.1) is 11.8 Å². The highest BCUT2D eigenvalue weighted by molar-refractivity contribution is 5.84. The van der Waals surface area contributed by atoms with Gasteiger partial charge in [0.1, 0.15) is 5.78 Å². The van der Waals surface area contributed by atoms with E-state index >= 15 is 0 Å². The van der Waals surface area contributed by atoms with Gasteiger partial charge in [0.05, 0.1) is 12.2 Å². The van der Waals surface area contributed by atoms with Gasteiger partial charge in [-0.05, 0) is 12.8 Å². The van der Waals surface area contributed by atoms with Gasteiger partial charge < -0.3 is 14.8 Å². The van der Waals surface area contributed by atoms with Crippen LogP contribution < -0.4 is 5.32 Å². The van der Waals surface area contributed by atoms with Crippen molar-refractivity contribution in [2.45, 2.75) is 24.9 Å². The number of nitrogens with one attached hydrogen (secondary N) is 1. The number of Topliss-reactive ketones (excluding diaryl/α,β-unsaturated/α-hetero) is 1. The molecule has 0 aliphatic carbocycles. The van der Waals surface area contributed by atoms with Gasteiger partial charge in [0, 0.05) is 44.6 Å². The lowest BCUT2D eigenvalue weighted by atomic mass is 9.78. The van der Waals surface area contributed by atoms with Gasteiger partial charge in [0.15, 0.2) is 0 Å². The first-order valence-electron chi connectivity index (χ1n) is 6.25. The molecule has 16 heavy (non-hydrogen) atoms. The summed E-state index contributed by atoms with van der Waals surface area (Å²) in [5.74, 6) is 0.929. The van der Waals surface area contributed by atoms with Gasteiger partial charge in [-0.3, -0.25) is 4.79 Å². The Kier molecular flexibility index (Phi) is 2.73. The number of rotatable bonds is 2. The van der Waals surface area contributed by atoms with Gasteiger partial charge in [-0.15, -0.1) is 0 Å². The third-order valence-electron chi connectivity index (χ3n) is 4.15. The molecule has 0 aromatic carbocycles. The van der Waals surface area contributed by atoms with E-state index < -0.39 is 0 Å². The SMILES string of the molecule is O=C(C1CNC1)C1CCOC2(CCOC2)C1. The molecular formula is C12H19NO3. The molecule has 3 aliphatic rings. The van der Waals surface area contributed by atoms with Crippen LogP contribution in [-0.2, 0) is 14.3 Å². The molecule has 90 valence electrons. The van der Waals surface area contributed by atoms with Crippen molar-refractivity contribution in [1.82, 2.24) is 5.32 Å². The molecular weight excluding hydrogens is 206 g/mol. The first-order chi connectivity index (χ1) is 7.79. The lowest BCUT2D eigenvalue weighted by molar-refractivity contribution is -0.142. The van der Waals surface area contributed by atoms with Crippen molar-refractivity contribution in [2.24, 2.45) is 11.8 Å². The third-order valence-corrected chi connectivity index (χ3v) is 4.15. The van der Waals surface area contributed by atoms with E-state index in [0.29, 0.717) is 12.4 Å². The Hall–Kier alpha value is -0.450. The van der Waals surface area contributed by atoms with Crippen molar-refractivity contribution in [3.8, 4) is 0 Å². The summed E-state index contributed by atoms with van der Waals surface area (Å²) in [5, 5.41) is 3.17. The summed E-state index contributed by atoms with van der Waals surface area (Å²) in [6.07, 6.45) is 2.74. The molecule has 0 radical (unpaired) electrons. The first kappa shape index (κ1) is 10.7. The van der Waals surface area contributed by atoms with E-state index in [2.05, 4.69) is 5.32 Å². The standard InChI is InChI=1S/C12H19NO3/c14-11(10-6-13-7-10)9-1-3-16-12(5-9)2-4-15-8-12/h9-10,13H,1-8H2. The maximum Gasteiger partial charge on any atom is 0.141 e. The fraction of sp³-hybridized carbons (Fsp3) is 0.917. The van der Waals surface area contributed by atoms with Gasteiger partial charge >= 0.3 is 0 Å². The van der Waals surface area contributed by atoms with Crippen LogP contribution in [0.2, 0.25) is 0 Å². The van der Waals surface area contributed by atoms with Crippen LogP contribution in [-0.4, -0.2) is 44.3 Å². The van der Waals surface area contributed by atoms with Crippen molar-refractivity contribution >= 4 is 5.78 Å². The molecule has 1 spiro atoms. The lowest BCUT2D eigenvalue weighted by Gasteiger charge is -2.39. The minimum Gasteiger partial charge on any atom is -0.378 e. The van der Waals surface area contributed by atoms with Crippen molar-refractivity contribution in [2.75, 3.05) is 32.9 Å². The second-order valence-corrected chi connectivity index (χ2v) is 5.28. The van der Waals surface area contributed by atoms with Gasteiger partial charge in [0.2, 0.25) is 0 Å². The van der Waals surface area contributed by atoms with Crippen LogP contribution in [0.5, 0.6) is 0 Å². The van der Waals surface area contributed by atoms with Crippen molar-refractivity contribution < 1.29 is 14.3 Å². The monoisotopic (exact) mass is 225 g/mol. The van der Waals surface area contributed by atoms with Gasteiger partial charge in [0.25, 0.3) is 0 Å². The minimum absolute atomic E-state index is 0.129. The normalized spacial score (nSPS) is 39.9. The van der Waals surface area contributed by atoms with Crippen LogP contribution >= 0.6 is 0 Å². The maximum absolute atomic E-state index is 12.2. The molecule has 0 aromatic heterocycles. The van der Waals surface area contributed by atoms with E-state index in [1.807, 2.05) is 0 Å². The number of carbonyl (C=O) groups is 1. The van der Waals surface area contributed by atoms with Crippen LogP contribution in [0.15, 0.2) is 0 Å². The smallest absolute Gasteiger partial charge is 0.141 e. The van der Waals surface area contributed by atoms with Crippen molar-refractivity contribution in [3.63, 3.8) is 0 Å². The van der Waals surface area contributed by atoms with Gasteiger partial charge in [-0.2, -0.15) is 0 Å². The van der Waals surface area contributed by atoms with E-state index in [9.17, 15) is 4.79 Å². The zero-order chi connectivity index (χ0) is 11.0. The molecule has 1 N–H and O–H groups in total. The van der Waals surface area contributed by atoms with Gasteiger partial charge in [-0.1, -0.05) is 0 Å². The Morgan fingerprint density at radius 2 is 2.12 bits per heavy atom. The average molecular weight is 225 g/mol. The Balaban J connectivity index is 1.64. The van der Waals surface area contributed by atoms with Crippen LogP contribution in [0.4, 0.5) is 0 Å². The topological polar surface area (TPSA) is 47.6 Å². The average Bonchev–Trinajstić information content (AvgIpc) is 2.64. The van der Waals surface area contributed by atoms with E-state index in [-0.39, 0.29) is 17.4 Å². The fourth-order valence-electron chi connectivity index (χ4n) is 2.96. The van der Waals surface area contributed by atoms with E-state index in [0.717, 1.165) is 45.6 Å². The van der Waals surface area contributed by atoms with Crippen LogP contribution in [0.3, 0.4) is 0 Å². The van der Waals surface area contributed by atoms with E-state index in [1.54, 1.807) is 0 Å². The summed E-state index contributed by atoms with van der Waals surface area (Å²) >= 11 is 0. The second kappa shape index (κ2) is 4.09. The summed E-state index contributed by atoms with van der Waals surface area (Å²) < 4.78 is 11.3. The molecule has 4 nitrogen and oxygen atoms in total. The molecule has 4 heteroatoms. The molecule has 3 heterocycles. The highest BCUT2D eigenvalue weighted by Gasteiger charge is 2.44. The van der Waals surface area contributed by atoms with Crippen LogP contribution in [0.25, 0.3) is 0 Å². The zero-order valence-corrected chi connectivity index (χ0v) is 9.54. The van der Waals surface area contributed by atoms with Crippen LogP contribution in [0.1, 0.15) is 19.3 Å². The largest absolute Gasteiger partial charge is 0.378 e. The summed E-state index contributed by atoms with van der Waals surface area (Å²) in [6, 6.07) is 0. The minimum atomic E-state index is -0.129.